The Hall–Kier alpha value is -1.42. The van der Waals surface area contributed by atoms with Crippen LogP contribution >= 0.6 is 0 Å². The Balaban J connectivity index is 2.14. The monoisotopic (exact) mass is 251 g/mol. The summed E-state index contributed by atoms with van der Waals surface area (Å²) in [7, 11) is 0. The first-order valence-corrected chi connectivity index (χ1v) is 6.31. The third-order valence-corrected chi connectivity index (χ3v) is 3.35. The Labute approximate surface area is 106 Å². The van der Waals surface area contributed by atoms with E-state index in [4.69, 9.17) is 5.11 Å². The Morgan fingerprint density at radius 1 is 1.50 bits per heavy atom. The van der Waals surface area contributed by atoms with Gasteiger partial charge >= 0.3 is 0 Å². The number of aliphatic hydroxyl groups is 1. The Morgan fingerprint density at radius 2 is 2.17 bits per heavy atom. The van der Waals surface area contributed by atoms with E-state index in [2.05, 4.69) is 0 Å². The maximum Gasteiger partial charge on any atom is 0.230 e. The van der Waals surface area contributed by atoms with E-state index in [0.29, 0.717) is 12.1 Å². The molecule has 1 N–H and O–H groups in total. The fourth-order valence-electron chi connectivity index (χ4n) is 2.17. The average Bonchev–Trinajstić information content (AvgIpc) is 3.19. The summed E-state index contributed by atoms with van der Waals surface area (Å²) in [4.78, 5) is 14.0. The van der Waals surface area contributed by atoms with E-state index in [9.17, 15) is 9.18 Å². The van der Waals surface area contributed by atoms with Gasteiger partial charge < -0.3 is 10.0 Å². The zero-order chi connectivity index (χ0) is 13.1. The van der Waals surface area contributed by atoms with Crippen molar-refractivity contribution in [2.24, 2.45) is 0 Å². The van der Waals surface area contributed by atoms with Crippen LogP contribution in [0.25, 0.3) is 0 Å². The molecule has 1 saturated carbocycles. The van der Waals surface area contributed by atoms with E-state index in [1.54, 1.807) is 30.0 Å². The lowest BCUT2D eigenvalue weighted by atomic mass is 9.99. The molecular weight excluding hydrogens is 233 g/mol. The predicted octanol–water partition coefficient (Wildman–Crippen LogP) is 1.91. The van der Waals surface area contributed by atoms with Crippen molar-refractivity contribution in [2.75, 3.05) is 13.2 Å². The van der Waals surface area contributed by atoms with Gasteiger partial charge in [0.05, 0.1) is 12.5 Å². The molecule has 1 unspecified atom stereocenters. The molecule has 1 atom stereocenters. The molecule has 0 bridgehead atoms. The van der Waals surface area contributed by atoms with Crippen LogP contribution in [0.2, 0.25) is 0 Å². The lowest BCUT2D eigenvalue weighted by Gasteiger charge is -2.25. The Morgan fingerprint density at radius 3 is 2.72 bits per heavy atom. The highest BCUT2D eigenvalue weighted by atomic mass is 19.1. The topological polar surface area (TPSA) is 40.5 Å². The van der Waals surface area contributed by atoms with Crippen LogP contribution < -0.4 is 0 Å². The number of nitrogens with zero attached hydrogens (tertiary/aromatic N) is 1. The zero-order valence-electron chi connectivity index (χ0n) is 10.5. The molecule has 0 aromatic heterocycles. The van der Waals surface area contributed by atoms with Gasteiger partial charge in [-0.25, -0.2) is 4.39 Å². The second-order valence-corrected chi connectivity index (χ2v) is 4.73. The van der Waals surface area contributed by atoms with Crippen LogP contribution in [0, 0.1) is 5.82 Å². The number of hydrogen-bond acceptors (Lipinski definition) is 2. The summed E-state index contributed by atoms with van der Waals surface area (Å²) >= 11 is 0. The van der Waals surface area contributed by atoms with Crippen molar-refractivity contribution in [1.29, 1.82) is 0 Å². The number of aliphatic hydroxyl groups excluding tert-OH is 1. The molecule has 1 aliphatic carbocycles. The van der Waals surface area contributed by atoms with E-state index >= 15 is 0 Å². The summed E-state index contributed by atoms with van der Waals surface area (Å²) < 4.78 is 13.6. The molecule has 18 heavy (non-hydrogen) atoms. The van der Waals surface area contributed by atoms with Gasteiger partial charge in [-0.05, 0) is 31.4 Å². The first-order valence-electron chi connectivity index (χ1n) is 6.31. The first kappa shape index (κ1) is 13.0. The number of rotatable bonds is 5. The molecule has 3 nitrogen and oxygen atoms in total. The minimum atomic E-state index is -0.502. The van der Waals surface area contributed by atoms with Gasteiger partial charge in [-0.15, -0.1) is 0 Å². The van der Waals surface area contributed by atoms with E-state index in [1.807, 2.05) is 0 Å². The SMILES string of the molecule is CC(C(=O)N(CCO)C1CC1)c1ccccc1F. The fourth-order valence-corrected chi connectivity index (χ4v) is 2.17. The molecule has 0 saturated heterocycles. The molecule has 0 heterocycles. The van der Waals surface area contributed by atoms with Crippen molar-refractivity contribution >= 4 is 5.91 Å². The maximum atomic E-state index is 13.6. The van der Waals surface area contributed by atoms with E-state index in [1.165, 1.54) is 6.07 Å². The first-order chi connectivity index (χ1) is 8.65. The van der Waals surface area contributed by atoms with Crippen LogP contribution in [0.4, 0.5) is 4.39 Å². The maximum absolute atomic E-state index is 13.6. The summed E-state index contributed by atoms with van der Waals surface area (Å²) in [5, 5.41) is 9.00. The Kier molecular flexibility index (Phi) is 3.97. The van der Waals surface area contributed by atoms with E-state index in [0.717, 1.165) is 12.8 Å². The number of hydrogen-bond donors (Lipinski definition) is 1. The van der Waals surface area contributed by atoms with Gasteiger partial charge in [0, 0.05) is 12.6 Å². The van der Waals surface area contributed by atoms with Crippen molar-refractivity contribution in [3.05, 3.63) is 35.6 Å². The van der Waals surface area contributed by atoms with Crippen LogP contribution in [-0.4, -0.2) is 35.1 Å². The van der Waals surface area contributed by atoms with Crippen molar-refractivity contribution in [2.45, 2.75) is 31.7 Å². The van der Waals surface area contributed by atoms with Crippen molar-refractivity contribution < 1.29 is 14.3 Å². The molecule has 1 fully saturated rings. The van der Waals surface area contributed by atoms with Gasteiger partial charge in [-0.3, -0.25) is 4.79 Å². The largest absolute Gasteiger partial charge is 0.395 e. The summed E-state index contributed by atoms with van der Waals surface area (Å²) in [6, 6.07) is 6.59. The van der Waals surface area contributed by atoms with E-state index in [-0.39, 0.29) is 24.4 Å². The smallest absolute Gasteiger partial charge is 0.230 e. The summed E-state index contributed by atoms with van der Waals surface area (Å²) in [6.07, 6.45) is 1.96. The van der Waals surface area contributed by atoms with Crippen LogP contribution in [0.5, 0.6) is 0 Å². The highest BCUT2D eigenvalue weighted by Gasteiger charge is 2.34. The molecule has 0 radical (unpaired) electrons. The molecule has 1 aliphatic rings. The number of carbonyl (C=O) groups excluding carboxylic acids is 1. The van der Waals surface area contributed by atoms with Crippen molar-refractivity contribution in [3.8, 4) is 0 Å². The normalized spacial score (nSPS) is 16.4. The van der Waals surface area contributed by atoms with Gasteiger partial charge in [0.15, 0.2) is 0 Å². The molecule has 0 spiro atoms. The molecule has 2 rings (SSSR count). The average molecular weight is 251 g/mol. The predicted molar refractivity (Wildman–Crippen MR) is 66.6 cm³/mol. The minimum Gasteiger partial charge on any atom is -0.395 e. The van der Waals surface area contributed by atoms with Gasteiger partial charge in [0.25, 0.3) is 0 Å². The minimum absolute atomic E-state index is 0.0494. The van der Waals surface area contributed by atoms with Gasteiger partial charge in [0.2, 0.25) is 5.91 Å². The third-order valence-electron chi connectivity index (χ3n) is 3.35. The highest BCUT2D eigenvalue weighted by Crippen LogP contribution is 2.30. The summed E-state index contributed by atoms with van der Waals surface area (Å²) in [5.41, 5.74) is 0.422. The van der Waals surface area contributed by atoms with Crippen LogP contribution in [0.1, 0.15) is 31.2 Å². The standard InChI is InChI=1S/C14H18FNO2/c1-10(12-4-2-3-5-13(12)15)14(18)16(8-9-17)11-6-7-11/h2-5,10-11,17H,6-9H2,1H3. The van der Waals surface area contributed by atoms with E-state index < -0.39 is 5.92 Å². The quantitative estimate of drug-likeness (QED) is 0.868. The number of carbonyl (C=O) groups is 1. The third kappa shape index (κ3) is 2.70. The van der Waals surface area contributed by atoms with Crippen LogP contribution in [0.3, 0.4) is 0 Å². The molecule has 1 aromatic carbocycles. The van der Waals surface area contributed by atoms with Crippen molar-refractivity contribution in [1.82, 2.24) is 4.90 Å². The number of amides is 1. The number of benzene rings is 1. The Bertz CT molecular complexity index is 432. The molecule has 4 heteroatoms. The molecule has 98 valence electrons. The second kappa shape index (κ2) is 5.48. The second-order valence-electron chi connectivity index (χ2n) is 4.73. The lowest BCUT2D eigenvalue weighted by Crippen LogP contribution is -2.38. The summed E-state index contributed by atoms with van der Waals surface area (Å²) in [6.45, 7) is 2.00. The lowest BCUT2D eigenvalue weighted by molar-refractivity contribution is -0.133. The fraction of sp³-hybridized carbons (Fsp3) is 0.500. The molecule has 0 aliphatic heterocycles. The molecule has 1 aromatic rings. The van der Waals surface area contributed by atoms with Crippen molar-refractivity contribution in [3.63, 3.8) is 0 Å². The van der Waals surface area contributed by atoms with Crippen LogP contribution in [0.15, 0.2) is 24.3 Å². The van der Waals surface area contributed by atoms with Gasteiger partial charge in [-0.1, -0.05) is 18.2 Å². The van der Waals surface area contributed by atoms with Gasteiger partial charge in [0.1, 0.15) is 5.82 Å². The number of halogens is 1. The molecular formula is C14H18FNO2. The molecule has 1 amide bonds. The summed E-state index contributed by atoms with van der Waals surface area (Å²) in [5.74, 6) is -0.951. The highest BCUT2D eigenvalue weighted by molar-refractivity contribution is 5.84. The zero-order valence-corrected chi connectivity index (χ0v) is 10.5. The van der Waals surface area contributed by atoms with Crippen LogP contribution in [-0.2, 0) is 4.79 Å². The van der Waals surface area contributed by atoms with Gasteiger partial charge in [-0.2, -0.15) is 0 Å².